The summed E-state index contributed by atoms with van der Waals surface area (Å²) >= 11 is 0. The highest BCUT2D eigenvalue weighted by atomic mass is 16.5. The summed E-state index contributed by atoms with van der Waals surface area (Å²) in [5.74, 6) is 1.09. The first-order valence-corrected chi connectivity index (χ1v) is 6.66. The van der Waals surface area contributed by atoms with Gasteiger partial charge in [0, 0.05) is 30.7 Å². The molecule has 0 bridgehead atoms. The Morgan fingerprint density at radius 3 is 2.43 bits per heavy atom. The van der Waals surface area contributed by atoms with Crippen LogP contribution in [0.15, 0.2) is 45.7 Å². The molecule has 0 spiro atoms. The Morgan fingerprint density at radius 1 is 1.10 bits per heavy atom. The minimum Gasteiger partial charge on any atom is -0.339 e. The van der Waals surface area contributed by atoms with Crippen LogP contribution in [0.2, 0.25) is 0 Å². The fraction of sp³-hybridized carbons (Fsp3) is 0.200. The molecule has 21 heavy (non-hydrogen) atoms. The van der Waals surface area contributed by atoms with Crippen LogP contribution in [0.25, 0.3) is 22.6 Å². The molecule has 3 rings (SSSR count). The van der Waals surface area contributed by atoms with Gasteiger partial charge in [-0.2, -0.15) is 10.1 Å². The van der Waals surface area contributed by atoms with E-state index in [1.165, 1.54) is 10.7 Å². The van der Waals surface area contributed by atoms with Gasteiger partial charge in [-0.05, 0) is 13.0 Å². The van der Waals surface area contributed by atoms with Crippen molar-refractivity contribution in [3.8, 4) is 22.6 Å². The van der Waals surface area contributed by atoms with E-state index in [1.54, 1.807) is 13.0 Å². The number of aryl methyl sites for hydroxylation is 2. The van der Waals surface area contributed by atoms with Gasteiger partial charge in [0.1, 0.15) is 0 Å². The van der Waals surface area contributed by atoms with Gasteiger partial charge in [0.05, 0.1) is 5.69 Å². The maximum atomic E-state index is 11.5. The third-order valence-corrected chi connectivity index (χ3v) is 3.13. The maximum absolute atomic E-state index is 11.5. The highest BCUT2D eigenvalue weighted by Crippen LogP contribution is 2.21. The van der Waals surface area contributed by atoms with Crippen LogP contribution in [0.5, 0.6) is 0 Å². The van der Waals surface area contributed by atoms with Crippen molar-refractivity contribution in [1.29, 1.82) is 0 Å². The molecule has 0 aliphatic heterocycles. The van der Waals surface area contributed by atoms with E-state index in [9.17, 15) is 4.79 Å². The van der Waals surface area contributed by atoms with E-state index in [2.05, 4.69) is 15.2 Å². The lowest BCUT2D eigenvalue weighted by atomic mass is 10.1. The Kier molecular flexibility index (Phi) is 3.35. The smallest absolute Gasteiger partial charge is 0.266 e. The number of nitrogens with zero attached hydrogens (tertiary/aromatic N) is 4. The second-order valence-corrected chi connectivity index (χ2v) is 4.59. The summed E-state index contributed by atoms with van der Waals surface area (Å²) in [4.78, 5) is 15.7. The van der Waals surface area contributed by atoms with Crippen LogP contribution in [-0.4, -0.2) is 19.9 Å². The van der Waals surface area contributed by atoms with E-state index in [0.717, 1.165) is 16.8 Å². The normalized spacial score (nSPS) is 10.8. The van der Waals surface area contributed by atoms with Crippen molar-refractivity contribution in [3.63, 3.8) is 0 Å². The molecular weight excluding hydrogens is 268 g/mol. The molecule has 0 aliphatic rings. The molecule has 0 radical (unpaired) electrons. The van der Waals surface area contributed by atoms with Gasteiger partial charge in [-0.25, -0.2) is 4.68 Å². The minimum atomic E-state index is -0.0971. The molecule has 0 saturated carbocycles. The van der Waals surface area contributed by atoms with Crippen LogP contribution in [0.1, 0.15) is 12.8 Å². The number of benzene rings is 1. The second kappa shape index (κ2) is 5.32. The van der Waals surface area contributed by atoms with Gasteiger partial charge in [-0.15, -0.1) is 0 Å². The first-order chi connectivity index (χ1) is 10.2. The van der Waals surface area contributed by atoms with Crippen molar-refractivity contribution < 1.29 is 4.52 Å². The SMILES string of the molecule is CCn1nc(-c2ccc(-c3noc(C)n3)cc2)ccc1=O. The zero-order valence-corrected chi connectivity index (χ0v) is 11.8. The van der Waals surface area contributed by atoms with Crippen LogP contribution < -0.4 is 5.56 Å². The van der Waals surface area contributed by atoms with E-state index in [-0.39, 0.29) is 5.56 Å². The molecule has 6 heteroatoms. The minimum absolute atomic E-state index is 0.0971. The topological polar surface area (TPSA) is 73.8 Å². The molecule has 2 aromatic heterocycles. The van der Waals surface area contributed by atoms with Gasteiger partial charge in [0.2, 0.25) is 11.7 Å². The van der Waals surface area contributed by atoms with Gasteiger partial charge in [-0.3, -0.25) is 4.79 Å². The number of hydrogen-bond acceptors (Lipinski definition) is 5. The summed E-state index contributed by atoms with van der Waals surface area (Å²) < 4.78 is 6.40. The predicted molar refractivity (Wildman–Crippen MR) is 77.6 cm³/mol. The summed E-state index contributed by atoms with van der Waals surface area (Å²) in [6.45, 7) is 4.19. The molecule has 0 aliphatic carbocycles. The Morgan fingerprint density at radius 2 is 1.81 bits per heavy atom. The van der Waals surface area contributed by atoms with Gasteiger partial charge in [0.25, 0.3) is 5.56 Å². The molecule has 1 aromatic carbocycles. The molecule has 0 N–H and O–H groups in total. The Hall–Kier alpha value is -2.76. The van der Waals surface area contributed by atoms with Crippen LogP contribution >= 0.6 is 0 Å². The van der Waals surface area contributed by atoms with E-state index < -0.39 is 0 Å². The average molecular weight is 282 g/mol. The molecule has 3 aromatic rings. The Balaban J connectivity index is 1.95. The predicted octanol–water partition coefficient (Wildman–Crippen LogP) is 2.29. The van der Waals surface area contributed by atoms with Crippen LogP contribution in [0, 0.1) is 6.92 Å². The lowest BCUT2D eigenvalue weighted by Gasteiger charge is -2.05. The first kappa shape index (κ1) is 13.2. The lowest BCUT2D eigenvalue weighted by Crippen LogP contribution is -2.20. The summed E-state index contributed by atoms with van der Waals surface area (Å²) in [5, 5.41) is 8.20. The van der Waals surface area contributed by atoms with Crippen molar-refractivity contribution in [1.82, 2.24) is 19.9 Å². The molecule has 0 unspecified atom stereocenters. The number of aromatic nitrogens is 4. The Bertz CT molecular complexity index is 818. The molecule has 0 atom stereocenters. The standard InChI is InChI=1S/C15H14N4O2/c1-3-19-14(20)9-8-13(17-19)11-4-6-12(7-5-11)15-16-10(2)21-18-15/h4-9H,3H2,1-2H3. The average Bonchev–Trinajstić information content (AvgIpc) is 2.94. The zero-order valence-electron chi connectivity index (χ0n) is 11.8. The van der Waals surface area contributed by atoms with Crippen molar-refractivity contribution in [3.05, 3.63) is 52.6 Å². The van der Waals surface area contributed by atoms with Crippen LogP contribution in [0.3, 0.4) is 0 Å². The lowest BCUT2D eigenvalue weighted by molar-refractivity contribution is 0.394. The van der Waals surface area contributed by atoms with Crippen molar-refractivity contribution in [2.75, 3.05) is 0 Å². The molecular formula is C15H14N4O2. The maximum Gasteiger partial charge on any atom is 0.266 e. The largest absolute Gasteiger partial charge is 0.339 e. The molecule has 106 valence electrons. The van der Waals surface area contributed by atoms with Crippen molar-refractivity contribution >= 4 is 0 Å². The quantitative estimate of drug-likeness (QED) is 0.736. The number of rotatable bonds is 3. The van der Waals surface area contributed by atoms with Crippen LogP contribution in [0.4, 0.5) is 0 Å². The molecule has 0 amide bonds. The van der Waals surface area contributed by atoms with Gasteiger partial charge < -0.3 is 4.52 Å². The third kappa shape index (κ3) is 2.60. The third-order valence-electron chi connectivity index (χ3n) is 3.13. The summed E-state index contributed by atoms with van der Waals surface area (Å²) in [7, 11) is 0. The summed E-state index contributed by atoms with van der Waals surface area (Å²) in [6.07, 6.45) is 0. The number of hydrogen-bond donors (Lipinski definition) is 0. The molecule has 6 nitrogen and oxygen atoms in total. The van der Waals surface area contributed by atoms with E-state index in [0.29, 0.717) is 18.3 Å². The molecule has 2 heterocycles. The highest BCUT2D eigenvalue weighted by Gasteiger charge is 2.07. The van der Waals surface area contributed by atoms with Gasteiger partial charge in [0.15, 0.2) is 0 Å². The van der Waals surface area contributed by atoms with Crippen LogP contribution in [-0.2, 0) is 6.54 Å². The summed E-state index contributed by atoms with van der Waals surface area (Å²) in [5.41, 5.74) is 2.47. The fourth-order valence-electron chi connectivity index (χ4n) is 2.04. The monoisotopic (exact) mass is 282 g/mol. The van der Waals surface area contributed by atoms with E-state index in [1.807, 2.05) is 31.2 Å². The second-order valence-electron chi connectivity index (χ2n) is 4.59. The fourth-order valence-corrected chi connectivity index (χ4v) is 2.04. The Labute approximate surface area is 121 Å². The first-order valence-electron chi connectivity index (χ1n) is 6.66. The van der Waals surface area contributed by atoms with Gasteiger partial charge >= 0.3 is 0 Å². The molecule has 0 fully saturated rings. The summed E-state index contributed by atoms with van der Waals surface area (Å²) in [6, 6.07) is 10.9. The van der Waals surface area contributed by atoms with E-state index in [4.69, 9.17) is 4.52 Å². The van der Waals surface area contributed by atoms with E-state index >= 15 is 0 Å². The van der Waals surface area contributed by atoms with Crippen molar-refractivity contribution in [2.24, 2.45) is 0 Å². The zero-order chi connectivity index (χ0) is 14.8. The van der Waals surface area contributed by atoms with Gasteiger partial charge in [-0.1, -0.05) is 29.4 Å². The molecule has 0 saturated heterocycles. The van der Waals surface area contributed by atoms with Crippen molar-refractivity contribution in [2.45, 2.75) is 20.4 Å². The highest BCUT2D eigenvalue weighted by molar-refractivity contribution is 5.64.